The average Bonchev–Trinajstić information content (AvgIpc) is 3.16. The highest BCUT2D eigenvalue weighted by atomic mass is 35.5. The summed E-state index contributed by atoms with van der Waals surface area (Å²) in [6.45, 7) is 1.66. The van der Waals surface area contributed by atoms with Gasteiger partial charge in [-0.25, -0.2) is 4.79 Å². The van der Waals surface area contributed by atoms with E-state index in [0.717, 1.165) is 18.4 Å². The summed E-state index contributed by atoms with van der Waals surface area (Å²) in [7, 11) is 0. The Kier molecular flexibility index (Phi) is 4.33. The first-order valence-electron chi connectivity index (χ1n) is 7.55. The Morgan fingerprint density at radius 2 is 2.30 bits per heavy atom. The molecule has 1 heterocycles. The van der Waals surface area contributed by atoms with E-state index in [2.05, 4.69) is 10.6 Å². The standard InChI is InChI=1S/C17H19ClN2O3/c1-17(22,15-3-2-8-23-15)10-19-16(21)20-14-7-4-11-9-12(18)5-6-13(11)14/h2-3,5-6,8-9,14,22H,4,7,10H2,1H3,(H2,19,20,21)/t14-,17-/m1/s1. The number of rotatable bonds is 4. The molecule has 2 aromatic rings. The highest BCUT2D eigenvalue weighted by molar-refractivity contribution is 6.30. The van der Waals surface area contributed by atoms with Crippen LogP contribution in [0.5, 0.6) is 0 Å². The molecule has 0 saturated heterocycles. The van der Waals surface area contributed by atoms with Crippen molar-refractivity contribution >= 4 is 17.6 Å². The maximum absolute atomic E-state index is 12.1. The number of carbonyl (C=O) groups excluding carboxylic acids is 1. The van der Waals surface area contributed by atoms with Crippen LogP contribution in [0.2, 0.25) is 5.02 Å². The lowest BCUT2D eigenvalue weighted by molar-refractivity contribution is 0.0366. The molecule has 0 radical (unpaired) electrons. The molecule has 0 aliphatic heterocycles. The van der Waals surface area contributed by atoms with Gasteiger partial charge in [-0.1, -0.05) is 17.7 Å². The first-order chi connectivity index (χ1) is 11.0. The van der Waals surface area contributed by atoms with Crippen molar-refractivity contribution in [1.82, 2.24) is 10.6 Å². The fourth-order valence-corrected chi connectivity index (χ4v) is 3.06. The van der Waals surface area contributed by atoms with Crippen LogP contribution in [0.25, 0.3) is 0 Å². The van der Waals surface area contributed by atoms with Crippen molar-refractivity contribution in [3.63, 3.8) is 0 Å². The monoisotopic (exact) mass is 334 g/mol. The minimum absolute atomic E-state index is 0.0316. The SMILES string of the molecule is C[C@@](O)(CNC(=O)N[C@@H]1CCc2cc(Cl)ccc21)c1ccco1. The van der Waals surface area contributed by atoms with E-state index in [1.54, 1.807) is 19.1 Å². The zero-order chi connectivity index (χ0) is 16.4. The molecular weight excluding hydrogens is 316 g/mol. The number of aliphatic hydroxyl groups is 1. The van der Waals surface area contributed by atoms with Gasteiger partial charge in [0.05, 0.1) is 18.8 Å². The van der Waals surface area contributed by atoms with Crippen molar-refractivity contribution in [3.05, 3.63) is 58.5 Å². The molecule has 1 aliphatic carbocycles. The molecule has 0 spiro atoms. The summed E-state index contributed by atoms with van der Waals surface area (Å²) < 4.78 is 5.19. The van der Waals surface area contributed by atoms with Crippen molar-refractivity contribution in [2.24, 2.45) is 0 Å². The molecule has 0 saturated carbocycles. The molecule has 0 fully saturated rings. The fourth-order valence-electron chi connectivity index (χ4n) is 2.87. The third-order valence-corrected chi connectivity index (χ3v) is 4.37. The molecule has 1 aliphatic rings. The van der Waals surface area contributed by atoms with Crippen LogP contribution in [-0.4, -0.2) is 17.7 Å². The molecule has 2 atom stereocenters. The summed E-state index contributed by atoms with van der Waals surface area (Å²) in [5.74, 6) is 0.415. The van der Waals surface area contributed by atoms with Gasteiger partial charge in [-0.3, -0.25) is 0 Å². The van der Waals surface area contributed by atoms with Crippen LogP contribution >= 0.6 is 11.6 Å². The maximum atomic E-state index is 12.1. The maximum Gasteiger partial charge on any atom is 0.315 e. The highest BCUT2D eigenvalue weighted by Gasteiger charge is 2.28. The second-order valence-electron chi connectivity index (χ2n) is 6.01. The van der Waals surface area contributed by atoms with E-state index in [1.807, 2.05) is 18.2 Å². The number of nitrogens with one attached hydrogen (secondary N) is 2. The summed E-state index contributed by atoms with van der Waals surface area (Å²) in [6, 6.07) is 8.76. The van der Waals surface area contributed by atoms with Crippen molar-refractivity contribution in [2.75, 3.05) is 6.54 Å². The minimum Gasteiger partial charge on any atom is -0.466 e. The van der Waals surface area contributed by atoms with E-state index in [9.17, 15) is 9.90 Å². The van der Waals surface area contributed by atoms with Gasteiger partial charge < -0.3 is 20.2 Å². The van der Waals surface area contributed by atoms with Crippen LogP contribution < -0.4 is 10.6 Å². The Hall–Kier alpha value is -1.98. The number of urea groups is 1. The largest absolute Gasteiger partial charge is 0.466 e. The van der Waals surface area contributed by atoms with Gasteiger partial charge in [-0.15, -0.1) is 0 Å². The van der Waals surface area contributed by atoms with E-state index in [4.69, 9.17) is 16.0 Å². The Balaban J connectivity index is 1.57. The molecule has 122 valence electrons. The fraction of sp³-hybridized carbons (Fsp3) is 0.353. The third kappa shape index (κ3) is 3.51. The van der Waals surface area contributed by atoms with Crippen LogP contribution in [0, 0.1) is 0 Å². The number of halogens is 1. The Morgan fingerprint density at radius 3 is 3.04 bits per heavy atom. The molecule has 23 heavy (non-hydrogen) atoms. The second-order valence-corrected chi connectivity index (χ2v) is 6.45. The second kappa shape index (κ2) is 6.26. The van der Waals surface area contributed by atoms with Crippen LogP contribution in [0.1, 0.15) is 36.3 Å². The summed E-state index contributed by atoms with van der Waals surface area (Å²) in [4.78, 5) is 12.1. The number of hydrogen-bond donors (Lipinski definition) is 3. The first kappa shape index (κ1) is 15.9. The van der Waals surface area contributed by atoms with Gasteiger partial charge in [0.1, 0.15) is 11.4 Å². The molecule has 3 rings (SSSR count). The third-order valence-electron chi connectivity index (χ3n) is 4.13. The number of amides is 2. The number of benzene rings is 1. The molecule has 2 amide bonds. The van der Waals surface area contributed by atoms with Crippen molar-refractivity contribution in [1.29, 1.82) is 0 Å². The zero-order valence-corrected chi connectivity index (χ0v) is 13.6. The quantitative estimate of drug-likeness (QED) is 0.804. The van der Waals surface area contributed by atoms with Gasteiger partial charge in [0, 0.05) is 5.02 Å². The van der Waals surface area contributed by atoms with E-state index < -0.39 is 5.60 Å². The average molecular weight is 335 g/mol. The summed E-state index contributed by atoms with van der Waals surface area (Å²) >= 11 is 5.99. The van der Waals surface area contributed by atoms with Gasteiger partial charge >= 0.3 is 6.03 Å². The van der Waals surface area contributed by atoms with E-state index >= 15 is 0 Å². The molecule has 3 N–H and O–H groups in total. The number of aryl methyl sites for hydroxylation is 1. The predicted molar refractivity (Wildman–Crippen MR) is 87.3 cm³/mol. The number of fused-ring (bicyclic) bond motifs is 1. The summed E-state index contributed by atoms with van der Waals surface area (Å²) in [5.41, 5.74) is 1.02. The molecule has 6 heteroatoms. The van der Waals surface area contributed by atoms with Gasteiger partial charge in [-0.2, -0.15) is 0 Å². The molecule has 5 nitrogen and oxygen atoms in total. The van der Waals surface area contributed by atoms with Crippen LogP contribution in [-0.2, 0) is 12.0 Å². The Labute approximate surface area is 139 Å². The van der Waals surface area contributed by atoms with Crippen LogP contribution in [0.15, 0.2) is 41.0 Å². The summed E-state index contributed by atoms with van der Waals surface area (Å²) in [5, 5.41) is 16.7. The smallest absolute Gasteiger partial charge is 0.315 e. The number of furan rings is 1. The molecule has 0 bridgehead atoms. The molecule has 1 aromatic heterocycles. The van der Waals surface area contributed by atoms with E-state index in [-0.39, 0.29) is 18.6 Å². The van der Waals surface area contributed by atoms with Gasteiger partial charge in [0.2, 0.25) is 0 Å². The Morgan fingerprint density at radius 1 is 1.48 bits per heavy atom. The van der Waals surface area contributed by atoms with Crippen LogP contribution in [0.3, 0.4) is 0 Å². The lowest BCUT2D eigenvalue weighted by atomic mass is 10.0. The predicted octanol–water partition coefficient (Wildman–Crippen LogP) is 3.13. The minimum atomic E-state index is -1.25. The molecule has 0 unspecified atom stereocenters. The van der Waals surface area contributed by atoms with Crippen molar-refractivity contribution in [3.8, 4) is 0 Å². The van der Waals surface area contributed by atoms with Crippen LogP contribution in [0.4, 0.5) is 4.79 Å². The van der Waals surface area contributed by atoms with E-state index in [0.29, 0.717) is 10.8 Å². The lowest BCUT2D eigenvalue weighted by Crippen LogP contribution is -2.44. The Bertz CT molecular complexity index is 698. The topological polar surface area (TPSA) is 74.5 Å². The van der Waals surface area contributed by atoms with E-state index in [1.165, 1.54) is 11.8 Å². The van der Waals surface area contributed by atoms with Crippen molar-refractivity contribution in [2.45, 2.75) is 31.4 Å². The molecule has 1 aromatic carbocycles. The highest BCUT2D eigenvalue weighted by Crippen LogP contribution is 2.32. The first-order valence-corrected chi connectivity index (χ1v) is 7.92. The normalized spacial score (nSPS) is 19.0. The summed E-state index contributed by atoms with van der Waals surface area (Å²) in [6.07, 6.45) is 3.23. The molecular formula is C17H19ClN2O3. The lowest BCUT2D eigenvalue weighted by Gasteiger charge is -2.22. The zero-order valence-electron chi connectivity index (χ0n) is 12.8. The van der Waals surface area contributed by atoms with Gasteiger partial charge in [0.25, 0.3) is 0 Å². The van der Waals surface area contributed by atoms with Gasteiger partial charge in [0.15, 0.2) is 0 Å². The van der Waals surface area contributed by atoms with Gasteiger partial charge in [-0.05, 0) is 55.2 Å². The number of carbonyl (C=O) groups is 1. The van der Waals surface area contributed by atoms with Crippen molar-refractivity contribution < 1.29 is 14.3 Å². The number of hydrogen-bond acceptors (Lipinski definition) is 3.